The average molecular weight is 240 g/mol. The Morgan fingerprint density at radius 3 is 2.44 bits per heavy atom. The lowest BCUT2D eigenvalue weighted by molar-refractivity contribution is 0.372. The summed E-state index contributed by atoms with van der Waals surface area (Å²) in [5.41, 5.74) is 1.32. The zero-order valence-corrected chi connectivity index (χ0v) is 11.4. The molecule has 1 nitrogen and oxygen atoms in total. The summed E-state index contributed by atoms with van der Waals surface area (Å²) in [5.74, 6) is 0.612. The highest BCUT2D eigenvalue weighted by molar-refractivity contribution is 6.30. The highest BCUT2D eigenvalue weighted by Gasteiger charge is 2.13. The van der Waals surface area contributed by atoms with Crippen LogP contribution in [-0.2, 0) is 6.42 Å². The highest BCUT2D eigenvalue weighted by Crippen LogP contribution is 2.16. The van der Waals surface area contributed by atoms with Gasteiger partial charge < -0.3 is 5.32 Å². The third-order valence-corrected chi connectivity index (χ3v) is 3.13. The van der Waals surface area contributed by atoms with Gasteiger partial charge in [0.2, 0.25) is 0 Å². The lowest BCUT2D eigenvalue weighted by Crippen LogP contribution is -2.37. The van der Waals surface area contributed by atoms with E-state index >= 15 is 0 Å². The quantitative estimate of drug-likeness (QED) is 0.822. The van der Waals surface area contributed by atoms with Crippen LogP contribution in [0.3, 0.4) is 0 Å². The van der Waals surface area contributed by atoms with Crippen molar-refractivity contribution in [1.82, 2.24) is 5.32 Å². The van der Waals surface area contributed by atoms with Crippen molar-refractivity contribution in [3.05, 3.63) is 34.9 Å². The predicted molar refractivity (Wildman–Crippen MR) is 72.1 cm³/mol. The molecule has 0 spiro atoms. The molecule has 0 aliphatic carbocycles. The molecule has 0 radical (unpaired) electrons. The van der Waals surface area contributed by atoms with Crippen molar-refractivity contribution < 1.29 is 0 Å². The number of rotatable bonds is 5. The van der Waals surface area contributed by atoms with Crippen molar-refractivity contribution >= 4 is 11.6 Å². The molecule has 90 valence electrons. The van der Waals surface area contributed by atoms with Crippen molar-refractivity contribution in [2.24, 2.45) is 5.92 Å². The molecule has 16 heavy (non-hydrogen) atoms. The summed E-state index contributed by atoms with van der Waals surface area (Å²) in [5, 5.41) is 4.37. The second-order valence-electron chi connectivity index (χ2n) is 4.92. The summed E-state index contributed by atoms with van der Waals surface area (Å²) in [6.45, 7) is 8.89. The van der Waals surface area contributed by atoms with Crippen molar-refractivity contribution in [1.29, 1.82) is 0 Å². The van der Waals surface area contributed by atoms with E-state index in [0.29, 0.717) is 18.0 Å². The molecule has 0 heterocycles. The van der Waals surface area contributed by atoms with Gasteiger partial charge in [0.25, 0.3) is 0 Å². The molecule has 0 aliphatic rings. The summed E-state index contributed by atoms with van der Waals surface area (Å²) in [6, 6.07) is 9.21. The topological polar surface area (TPSA) is 12.0 Å². The standard InChI is InChI=1S/C14H22ClN/c1-10(2)16-12(4)11(3)8-13-6-5-7-14(15)9-13/h5-7,9-12,16H,8H2,1-4H3. The number of halogens is 1. The Balaban J connectivity index is 2.53. The normalized spacial score (nSPS) is 15.1. The van der Waals surface area contributed by atoms with Crippen LogP contribution >= 0.6 is 11.6 Å². The first-order valence-electron chi connectivity index (χ1n) is 5.99. The predicted octanol–water partition coefficient (Wildman–Crippen LogP) is 3.91. The molecule has 2 atom stereocenters. The van der Waals surface area contributed by atoms with Crippen molar-refractivity contribution in [2.45, 2.75) is 46.2 Å². The monoisotopic (exact) mass is 239 g/mol. The Labute approximate surface area is 104 Å². The molecule has 1 N–H and O–H groups in total. The molecular weight excluding hydrogens is 218 g/mol. The maximum absolute atomic E-state index is 5.98. The third-order valence-electron chi connectivity index (χ3n) is 2.90. The van der Waals surface area contributed by atoms with E-state index in [1.807, 2.05) is 12.1 Å². The largest absolute Gasteiger partial charge is 0.312 e. The third kappa shape index (κ3) is 4.54. The van der Waals surface area contributed by atoms with Gasteiger partial charge in [0, 0.05) is 17.1 Å². The van der Waals surface area contributed by atoms with Gasteiger partial charge in [-0.2, -0.15) is 0 Å². The Hall–Kier alpha value is -0.530. The number of hydrogen-bond donors (Lipinski definition) is 1. The first-order chi connectivity index (χ1) is 7.49. The molecule has 0 bridgehead atoms. The smallest absolute Gasteiger partial charge is 0.0408 e. The Kier molecular flexibility index (Phi) is 5.30. The van der Waals surface area contributed by atoms with Gasteiger partial charge in [0.05, 0.1) is 0 Å². The molecule has 1 aromatic rings. The van der Waals surface area contributed by atoms with Crippen LogP contribution in [0.2, 0.25) is 5.02 Å². The first-order valence-corrected chi connectivity index (χ1v) is 6.37. The van der Waals surface area contributed by atoms with Crippen LogP contribution in [0, 0.1) is 5.92 Å². The van der Waals surface area contributed by atoms with Crippen molar-refractivity contribution in [3.63, 3.8) is 0 Å². The van der Waals surface area contributed by atoms with E-state index in [1.54, 1.807) is 0 Å². The van der Waals surface area contributed by atoms with E-state index < -0.39 is 0 Å². The van der Waals surface area contributed by atoms with Crippen molar-refractivity contribution in [3.8, 4) is 0 Å². The molecule has 0 amide bonds. The minimum absolute atomic E-state index is 0.527. The lowest BCUT2D eigenvalue weighted by atomic mass is 9.94. The SMILES string of the molecule is CC(C)NC(C)C(C)Cc1cccc(Cl)c1. The average Bonchev–Trinajstić information content (AvgIpc) is 2.16. The maximum atomic E-state index is 5.98. The van der Waals surface area contributed by atoms with E-state index in [1.165, 1.54) is 5.56 Å². The minimum atomic E-state index is 0.527. The molecule has 0 saturated heterocycles. The van der Waals surface area contributed by atoms with Gasteiger partial charge in [-0.1, -0.05) is 44.5 Å². The zero-order valence-electron chi connectivity index (χ0n) is 10.6. The van der Waals surface area contributed by atoms with Crippen LogP contribution in [-0.4, -0.2) is 12.1 Å². The second kappa shape index (κ2) is 6.27. The van der Waals surface area contributed by atoms with Gasteiger partial charge >= 0.3 is 0 Å². The molecule has 1 aromatic carbocycles. The molecule has 2 unspecified atom stereocenters. The van der Waals surface area contributed by atoms with Gasteiger partial charge in [-0.05, 0) is 37.0 Å². The molecule has 0 aromatic heterocycles. The number of hydrogen-bond acceptors (Lipinski definition) is 1. The molecule has 2 heteroatoms. The van der Waals surface area contributed by atoms with E-state index in [0.717, 1.165) is 11.4 Å². The fraction of sp³-hybridized carbons (Fsp3) is 0.571. The summed E-state index contributed by atoms with van der Waals surface area (Å²) in [7, 11) is 0. The Bertz CT molecular complexity index is 322. The van der Waals surface area contributed by atoms with Gasteiger partial charge in [-0.25, -0.2) is 0 Å². The molecule has 1 rings (SSSR count). The van der Waals surface area contributed by atoms with Crippen LogP contribution in [0.15, 0.2) is 24.3 Å². The molecule has 0 aliphatic heterocycles. The molecule has 0 fully saturated rings. The lowest BCUT2D eigenvalue weighted by Gasteiger charge is -2.23. The number of nitrogens with one attached hydrogen (secondary N) is 1. The van der Waals surface area contributed by atoms with Crippen molar-refractivity contribution in [2.75, 3.05) is 0 Å². The van der Waals surface area contributed by atoms with Gasteiger partial charge in [-0.15, -0.1) is 0 Å². The van der Waals surface area contributed by atoms with Crippen LogP contribution in [0.1, 0.15) is 33.3 Å². The summed E-state index contributed by atoms with van der Waals surface area (Å²) in [6.07, 6.45) is 1.07. The molecular formula is C14H22ClN. The van der Waals surface area contributed by atoms with Gasteiger partial charge in [0.1, 0.15) is 0 Å². The van der Waals surface area contributed by atoms with E-state index in [4.69, 9.17) is 11.6 Å². The Morgan fingerprint density at radius 2 is 1.88 bits per heavy atom. The van der Waals surface area contributed by atoms with E-state index in [2.05, 4.69) is 45.1 Å². The summed E-state index contributed by atoms with van der Waals surface area (Å²) >= 11 is 5.98. The summed E-state index contributed by atoms with van der Waals surface area (Å²) < 4.78 is 0. The Morgan fingerprint density at radius 1 is 1.19 bits per heavy atom. The fourth-order valence-corrected chi connectivity index (χ4v) is 2.12. The highest BCUT2D eigenvalue weighted by atomic mass is 35.5. The minimum Gasteiger partial charge on any atom is -0.312 e. The summed E-state index contributed by atoms with van der Waals surface area (Å²) in [4.78, 5) is 0. The maximum Gasteiger partial charge on any atom is 0.0408 e. The molecule has 0 saturated carbocycles. The number of benzene rings is 1. The van der Waals surface area contributed by atoms with E-state index in [-0.39, 0.29) is 0 Å². The van der Waals surface area contributed by atoms with Crippen LogP contribution in [0.25, 0.3) is 0 Å². The zero-order chi connectivity index (χ0) is 12.1. The van der Waals surface area contributed by atoms with Crippen LogP contribution in [0.4, 0.5) is 0 Å². The van der Waals surface area contributed by atoms with E-state index in [9.17, 15) is 0 Å². The van der Waals surface area contributed by atoms with Gasteiger partial charge in [0.15, 0.2) is 0 Å². The second-order valence-corrected chi connectivity index (χ2v) is 5.36. The van der Waals surface area contributed by atoms with Crippen LogP contribution < -0.4 is 5.32 Å². The fourth-order valence-electron chi connectivity index (χ4n) is 1.90. The van der Waals surface area contributed by atoms with Gasteiger partial charge in [-0.3, -0.25) is 0 Å². The first kappa shape index (κ1) is 13.5. The van der Waals surface area contributed by atoms with Crippen LogP contribution in [0.5, 0.6) is 0 Å².